The lowest BCUT2D eigenvalue weighted by Gasteiger charge is -2.21. The number of carbonyl (C=O) groups excluding carboxylic acids is 1. The molecule has 1 amide bonds. The summed E-state index contributed by atoms with van der Waals surface area (Å²) >= 11 is 1.31. The molecule has 0 aliphatic heterocycles. The fraction of sp³-hybridized carbons (Fsp3) is 0.444. The van der Waals surface area contributed by atoms with Gasteiger partial charge in [0, 0.05) is 5.41 Å². The molecule has 0 aliphatic rings. The van der Waals surface area contributed by atoms with E-state index in [2.05, 4.69) is 0 Å². The third-order valence-corrected chi connectivity index (χ3v) is 2.94. The molecule has 1 aromatic rings. The van der Waals surface area contributed by atoms with Crippen LogP contribution in [-0.2, 0) is 5.41 Å². The van der Waals surface area contributed by atoms with Crippen molar-refractivity contribution in [1.82, 2.24) is 0 Å². The van der Waals surface area contributed by atoms with Crippen molar-refractivity contribution in [3.63, 3.8) is 0 Å². The molecule has 13 heavy (non-hydrogen) atoms. The van der Waals surface area contributed by atoms with Crippen LogP contribution < -0.4 is 5.73 Å². The van der Waals surface area contributed by atoms with Crippen molar-refractivity contribution in [3.8, 4) is 0 Å². The van der Waals surface area contributed by atoms with E-state index >= 15 is 0 Å². The molecule has 0 radical (unpaired) electrons. The van der Waals surface area contributed by atoms with Gasteiger partial charge in [0.25, 0.3) is 5.91 Å². The van der Waals surface area contributed by atoms with Gasteiger partial charge in [0.1, 0.15) is 0 Å². The Morgan fingerprint density at radius 2 is 2.31 bits per heavy atom. The number of primary amides is 1. The number of aliphatic hydroxyl groups excluding tert-OH is 1. The Labute approximate surface area is 81.2 Å². The minimum absolute atomic E-state index is 0.00398. The van der Waals surface area contributed by atoms with Gasteiger partial charge in [-0.05, 0) is 17.0 Å². The zero-order valence-corrected chi connectivity index (χ0v) is 8.52. The molecule has 4 heteroatoms. The minimum Gasteiger partial charge on any atom is -0.395 e. The summed E-state index contributed by atoms with van der Waals surface area (Å²) in [7, 11) is 0. The summed E-state index contributed by atoms with van der Waals surface area (Å²) in [5.41, 5.74) is 5.63. The summed E-state index contributed by atoms with van der Waals surface area (Å²) in [6.45, 7) is 3.76. The Morgan fingerprint density at radius 3 is 2.77 bits per heavy atom. The first-order valence-electron chi connectivity index (χ1n) is 3.97. The van der Waals surface area contributed by atoms with Gasteiger partial charge in [0.15, 0.2) is 0 Å². The number of hydrogen-bond acceptors (Lipinski definition) is 3. The number of aliphatic hydroxyl groups is 1. The molecule has 0 fully saturated rings. The van der Waals surface area contributed by atoms with E-state index in [-0.39, 0.29) is 6.61 Å². The summed E-state index contributed by atoms with van der Waals surface area (Å²) < 4.78 is 0. The van der Waals surface area contributed by atoms with Crippen molar-refractivity contribution in [2.75, 3.05) is 6.61 Å². The van der Waals surface area contributed by atoms with E-state index in [0.717, 1.165) is 5.56 Å². The Morgan fingerprint density at radius 1 is 1.69 bits per heavy atom. The van der Waals surface area contributed by atoms with Crippen LogP contribution in [0, 0.1) is 0 Å². The highest BCUT2D eigenvalue weighted by atomic mass is 32.1. The van der Waals surface area contributed by atoms with E-state index in [1.807, 2.05) is 25.3 Å². The van der Waals surface area contributed by atoms with Crippen molar-refractivity contribution in [3.05, 3.63) is 21.9 Å². The van der Waals surface area contributed by atoms with Gasteiger partial charge in [-0.15, -0.1) is 11.3 Å². The molecule has 0 bridgehead atoms. The first kappa shape index (κ1) is 10.2. The van der Waals surface area contributed by atoms with Crippen molar-refractivity contribution in [2.45, 2.75) is 19.3 Å². The zero-order valence-electron chi connectivity index (χ0n) is 7.70. The first-order valence-corrected chi connectivity index (χ1v) is 4.85. The predicted octanol–water partition coefficient (Wildman–Crippen LogP) is 1.12. The quantitative estimate of drug-likeness (QED) is 0.766. The third-order valence-electron chi connectivity index (χ3n) is 2.01. The van der Waals surface area contributed by atoms with E-state index in [1.165, 1.54) is 11.3 Å². The van der Waals surface area contributed by atoms with E-state index in [4.69, 9.17) is 10.8 Å². The Kier molecular flexibility index (Phi) is 2.73. The Bertz CT molecular complexity index is 317. The lowest BCUT2D eigenvalue weighted by molar-refractivity contribution is 0.100. The van der Waals surface area contributed by atoms with Crippen LogP contribution in [-0.4, -0.2) is 17.6 Å². The molecule has 0 spiro atoms. The normalized spacial score (nSPS) is 11.6. The highest BCUT2D eigenvalue weighted by Gasteiger charge is 2.25. The standard InChI is InChI=1S/C9H13NO2S/c1-9(2,5-11)6-3-4-13-7(6)8(10)12/h3-4,11H,5H2,1-2H3,(H2,10,12). The van der Waals surface area contributed by atoms with E-state index in [0.29, 0.717) is 4.88 Å². The molecule has 0 saturated carbocycles. The molecule has 3 N–H and O–H groups in total. The Hall–Kier alpha value is -0.870. The number of carbonyl (C=O) groups is 1. The maximum Gasteiger partial charge on any atom is 0.259 e. The van der Waals surface area contributed by atoms with E-state index in [9.17, 15) is 4.79 Å². The molecular formula is C9H13NO2S. The van der Waals surface area contributed by atoms with Crippen LogP contribution >= 0.6 is 11.3 Å². The van der Waals surface area contributed by atoms with Crippen LogP contribution in [0.2, 0.25) is 0 Å². The zero-order chi connectivity index (χ0) is 10.1. The number of amides is 1. The van der Waals surface area contributed by atoms with Crippen LogP contribution in [0.1, 0.15) is 29.1 Å². The number of hydrogen-bond donors (Lipinski definition) is 2. The van der Waals surface area contributed by atoms with Crippen molar-refractivity contribution in [2.24, 2.45) is 5.73 Å². The van der Waals surface area contributed by atoms with E-state index in [1.54, 1.807) is 0 Å². The van der Waals surface area contributed by atoms with Crippen LogP contribution in [0.15, 0.2) is 11.4 Å². The molecule has 0 aliphatic carbocycles. The molecule has 1 aromatic heterocycles. The van der Waals surface area contributed by atoms with Crippen molar-refractivity contribution < 1.29 is 9.90 Å². The molecule has 1 rings (SSSR count). The average molecular weight is 199 g/mol. The molecule has 0 unspecified atom stereocenters. The molecule has 0 atom stereocenters. The minimum atomic E-state index is -0.425. The summed E-state index contributed by atoms with van der Waals surface area (Å²) in [6, 6.07) is 1.83. The number of nitrogens with two attached hydrogens (primary N) is 1. The monoisotopic (exact) mass is 199 g/mol. The maximum atomic E-state index is 11.0. The summed E-state index contributed by atoms with van der Waals surface area (Å²) in [5.74, 6) is -0.425. The smallest absolute Gasteiger partial charge is 0.259 e. The SMILES string of the molecule is CC(C)(CO)c1ccsc1C(N)=O. The van der Waals surface area contributed by atoms with Gasteiger partial charge in [0.2, 0.25) is 0 Å². The highest BCUT2D eigenvalue weighted by molar-refractivity contribution is 7.12. The maximum absolute atomic E-state index is 11.0. The van der Waals surface area contributed by atoms with Crippen LogP contribution in [0.25, 0.3) is 0 Å². The second-order valence-corrected chi connectivity index (χ2v) is 4.49. The van der Waals surface area contributed by atoms with Gasteiger partial charge in [-0.25, -0.2) is 0 Å². The van der Waals surface area contributed by atoms with Gasteiger partial charge in [-0.1, -0.05) is 13.8 Å². The number of thiophene rings is 1. The van der Waals surface area contributed by atoms with Crippen LogP contribution in [0.5, 0.6) is 0 Å². The third kappa shape index (κ3) is 1.89. The predicted molar refractivity (Wildman–Crippen MR) is 52.9 cm³/mol. The van der Waals surface area contributed by atoms with Gasteiger partial charge >= 0.3 is 0 Å². The van der Waals surface area contributed by atoms with Gasteiger partial charge < -0.3 is 10.8 Å². The highest BCUT2D eigenvalue weighted by Crippen LogP contribution is 2.29. The summed E-state index contributed by atoms with van der Waals surface area (Å²) in [6.07, 6.45) is 0. The number of rotatable bonds is 3. The second-order valence-electron chi connectivity index (χ2n) is 3.57. The van der Waals surface area contributed by atoms with Crippen LogP contribution in [0.3, 0.4) is 0 Å². The second kappa shape index (κ2) is 3.47. The molecule has 0 aromatic carbocycles. The molecule has 0 saturated heterocycles. The fourth-order valence-corrected chi connectivity index (χ4v) is 2.05. The Balaban J connectivity index is 3.14. The lowest BCUT2D eigenvalue weighted by Crippen LogP contribution is -2.25. The first-order chi connectivity index (χ1) is 5.99. The van der Waals surface area contributed by atoms with Gasteiger partial charge in [-0.2, -0.15) is 0 Å². The summed E-state index contributed by atoms with van der Waals surface area (Å²) in [4.78, 5) is 11.5. The topological polar surface area (TPSA) is 63.3 Å². The lowest BCUT2D eigenvalue weighted by atomic mass is 9.86. The molecular weight excluding hydrogens is 186 g/mol. The molecule has 1 heterocycles. The van der Waals surface area contributed by atoms with Crippen molar-refractivity contribution in [1.29, 1.82) is 0 Å². The molecule has 3 nitrogen and oxygen atoms in total. The molecule has 72 valence electrons. The van der Waals surface area contributed by atoms with E-state index < -0.39 is 11.3 Å². The van der Waals surface area contributed by atoms with Gasteiger partial charge in [-0.3, -0.25) is 4.79 Å². The fourth-order valence-electron chi connectivity index (χ4n) is 1.12. The van der Waals surface area contributed by atoms with Crippen LogP contribution in [0.4, 0.5) is 0 Å². The summed E-state index contributed by atoms with van der Waals surface area (Å²) in [5, 5.41) is 10.9. The average Bonchev–Trinajstić information content (AvgIpc) is 2.52. The largest absolute Gasteiger partial charge is 0.395 e. The van der Waals surface area contributed by atoms with Crippen molar-refractivity contribution >= 4 is 17.2 Å². The van der Waals surface area contributed by atoms with Gasteiger partial charge in [0.05, 0.1) is 11.5 Å².